The van der Waals surface area contributed by atoms with Gasteiger partial charge >= 0.3 is 0 Å². The van der Waals surface area contributed by atoms with Gasteiger partial charge in [0.1, 0.15) is 5.82 Å². The number of fused-ring (bicyclic) bond motifs is 1. The first kappa shape index (κ1) is 20.3. The summed E-state index contributed by atoms with van der Waals surface area (Å²) in [5.41, 5.74) is 2.34. The molecule has 10 heteroatoms. The lowest BCUT2D eigenvalue weighted by Crippen LogP contribution is -2.15. The van der Waals surface area contributed by atoms with Gasteiger partial charge in [-0.3, -0.25) is 0 Å². The minimum absolute atomic E-state index is 0.0942. The minimum atomic E-state index is -3.99. The van der Waals surface area contributed by atoms with E-state index < -0.39 is 19.9 Å². The summed E-state index contributed by atoms with van der Waals surface area (Å²) in [6, 6.07) is 11.7. The second-order valence-corrected chi connectivity index (χ2v) is 10.1. The van der Waals surface area contributed by atoms with Gasteiger partial charge in [-0.15, -0.1) is 0 Å². The summed E-state index contributed by atoms with van der Waals surface area (Å²) in [7, 11) is -7.62. The number of nitrogens with zero attached hydrogens (tertiary/aromatic N) is 2. The summed E-state index contributed by atoms with van der Waals surface area (Å²) in [6.45, 7) is 3.16. The summed E-state index contributed by atoms with van der Waals surface area (Å²) in [5, 5.41) is 8.18. The van der Waals surface area contributed by atoms with Crippen LogP contribution in [0.1, 0.15) is 12.2 Å². The Morgan fingerprint density at radius 1 is 1.11 bits per heavy atom. The molecule has 1 aromatic heterocycles. The molecule has 3 aromatic rings. The van der Waals surface area contributed by atoms with Gasteiger partial charge < -0.3 is 9.88 Å². The molecule has 150 valence electrons. The Morgan fingerprint density at radius 2 is 1.82 bits per heavy atom. The molecule has 8 nitrogen and oxygen atoms in total. The van der Waals surface area contributed by atoms with E-state index in [2.05, 4.69) is 14.9 Å². The van der Waals surface area contributed by atoms with Crippen molar-refractivity contribution < 1.29 is 16.8 Å². The highest BCUT2D eigenvalue weighted by atomic mass is 32.2. The average molecular weight is 423 g/mol. The molecule has 0 fully saturated rings. The van der Waals surface area contributed by atoms with Crippen LogP contribution in [0.4, 0.5) is 5.69 Å². The van der Waals surface area contributed by atoms with Crippen LogP contribution >= 0.6 is 0 Å². The van der Waals surface area contributed by atoms with Crippen molar-refractivity contribution >= 4 is 36.6 Å². The van der Waals surface area contributed by atoms with E-state index >= 15 is 0 Å². The molecule has 0 saturated heterocycles. The number of aryl methyl sites for hydroxylation is 2. The third kappa shape index (κ3) is 4.34. The largest absolute Gasteiger partial charge is 0.384 e. The van der Waals surface area contributed by atoms with E-state index in [9.17, 15) is 16.8 Å². The van der Waals surface area contributed by atoms with E-state index in [0.717, 1.165) is 35.6 Å². The molecule has 0 spiro atoms. The average Bonchev–Trinajstić information content (AvgIpc) is 2.92. The molecule has 2 aromatic carbocycles. The highest BCUT2D eigenvalue weighted by Crippen LogP contribution is 2.25. The van der Waals surface area contributed by atoms with Gasteiger partial charge in [0.2, 0.25) is 10.0 Å². The summed E-state index contributed by atoms with van der Waals surface area (Å²) in [6.07, 6.45) is 1.75. The third-order valence-electron chi connectivity index (χ3n) is 4.40. The van der Waals surface area contributed by atoms with Crippen LogP contribution in [0.25, 0.3) is 11.0 Å². The fourth-order valence-corrected chi connectivity index (χ4v) is 4.57. The topological polar surface area (TPSA) is 124 Å². The lowest BCUT2D eigenvalue weighted by molar-refractivity contribution is 0.597. The number of hydrogen-bond acceptors (Lipinski definition) is 6. The molecule has 0 unspecified atom stereocenters. The van der Waals surface area contributed by atoms with Crippen molar-refractivity contribution in [1.82, 2.24) is 9.55 Å². The second kappa shape index (κ2) is 7.53. The molecule has 0 amide bonds. The number of imidazole rings is 1. The van der Waals surface area contributed by atoms with Gasteiger partial charge in [-0.05, 0) is 43.7 Å². The predicted molar refractivity (Wildman–Crippen MR) is 109 cm³/mol. The van der Waals surface area contributed by atoms with E-state index in [4.69, 9.17) is 5.14 Å². The first-order valence-electron chi connectivity index (χ1n) is 8.60. The number of nitrogens with two attached hydrogens (primary N) is 1. The zero-order valence-corrected chi connectivity index (χ0v) is 17.2. The minimum Gasteiger partial charge on any atom is -0.384 e. The molecule has 0 radical (unpaired) electrons. The SMILES string of the molecule is Cc1nc2ccccc2n1CCCNc1ccc(S(N)(=O)=O)cc1S(C)(=O)=O. The standard InChI is InChI=1S/C18H22N4O4S2/c1-13-21-15-6-3-4-7-17(15)22(13)11-5-10-20-16-9-8-14(28(19,25)26)12-18(16)27(2,23)24/h3-4,6-9,12,20H,5,10-11H2,1-2H3,(H2,19,25,26). The summed E-state index contributed by atoms with van der Waals surface area (Å²) in [4.78, 5) is 4.19. The Bertz CT molecular complexity index is 1230. The van der Waals surface area contributed by atoms with Crippen LogP contribution < -0.4 is 10.5 Å². The van der Waals surface area contributed by atoms with E-state index in [0.29, 0.717) is 18.8 Å². The Kier molecular flexibility index (Phi) is 5.46. The Hall–Kier alpha value is -2.43. The predicted octanol–water partition coefficient (Wildman–Crippen LogP) is 1.90. The molecule has 0 bridgehead atoms. The van der Waals surface area contributed by atoms with Crippen LogP contribution in [0.3, 0.4) is 0 Å². The number of anilines is 1. The highest BCUT2D eigenvalue weighted by molar-refractivity contribution is 7.91. The normalized spacial score (nSPS) is 12.4. The van der Waals surface area contributed by atoms with Crippen LogP contribution in [0.2, 0.25) is 0 Å². The highest BCUT2D eigenvalue weighted by Gasteiger charge is 2.18. The van der Waals surface area contributed by atoms with Crippen molar-refractivity contribution in [3.8, 4) is 0 Å². The van der Waals surface area contributed by atoms with Crippen molar-refractivity contribution in [2.24, 2.45) is 5.14 Å². The smallest absolute Gasteiger partial charge is 0.238 e. The lowest BCUT2D eigenvalue weighted by Gasteiger charge is -2.13. The van der Waals surface area contributed by atoms with E-state index in [1.54, 1.807) is 0 Å². The van der Waals surface area contributed by atoms with Crippen molar-refractivity contribution in [1.29, 1.82) is 0 Å². The molecule has 28 heavy (non-hydrogen) atoms. The Morgan fingerprint density at radius 3 is 2.50 bits per heavy atom. The monoisotopic (exact) mass is 422 g/mol. The van der Waals surface area contributed by atoms with Gasteiger partial charge in [-0.1, -0.05) is 12.1 Å². The molecule has 0 saturated carbocycles. The third-order valence-corrected chi connectivity index (χ3v) is 6.45. The van der Waals surface area contributed by atoms with Gasteiger partial charge in [-0.2, -0.15) is 0 Å². The maximum absolute atomic E-state index is 12.1. The van der Waals surface area contributed by atoms with Crippen molar-refractivity contribution in [3.63, 3.8) is 0 Å². The van der Waals surface area contributed by atoms with Crippen molar-refractivity contribution in [2.75, 3.05) is 18.1 Å². The van der Waals surface area contributed by atoms with Crippen LogP contribution in [0.5, 0.6) is 0 Å². The van der Waals surface area contributed by atoms with Crippen LogP contribution in [0, 0.1) is 6.92 Å². The number of sulfonamides is 1. The zero-order chi connectivity index (χ0) is 20.5. The zero-order valence-electron chi connectivity index (χ0n) is 15.6. The molecule has 0 atom stereocenters. The number of para-hydroxylation sites is 2. The molecular formula is C18H22N4O4S2. The Labute approximate surface area is 164 Å². The number of benzene rings is 2. The Balaban J connectivity index is 1.75. The summed E-state index contributed by atoms with van der Waals surface area (Å²) in [5.74, 6) is 0.913. The molecule has 3 N–H and O–H groups in total. The van der Waals surface area contributed by atoms with Gasteiger partial charge in [0, 0.05) is 19.3 Å². The second-order valence-electron chi connectivity index (χ2n) is 6.55. The molecular weight excluding hydrogens is 400 g/mol. The quantitative estimate of drug-likeness (QED) is 0.560. The first-order valence-corrected chi connectivity index (χ1v) is 12.0. The number of nitrogens with one attached hydrogen (secondary N) is 1. The fourth-order valence-electron chi connectivity index (χ4n) is 3.07. The van der Waals surface area contributed by atoms with Gasteiger partial charge in [-0.25, -0.2) is 27.0 Å². The summed E-state index contributed by atoms with van der Waals surface area (Å²) >= 11 is 0. The van der Waals surface area contributed by atoms with Gasteiger partial charge in [0.05, 0.1) is 26.5 Å². The maximum atomic E-state index is 12.1. The lowest BCUT2D eigenvalue weighted by atomic mass is 10.3. The number of sulfone groups is 1. The van der Waals surface area contributed by atoms with E-state index in [1.165, 1.54) is 12.1 Å². The van der Waals surface area contributed by atoms with Crippen LogP contribution in [0.15, 0.2) is 52.3 Å². The van der Waals surface area contributed by atoms with Gasteiger partial charge in [0.15, 0.2) is 9.84 Å². The summed E-state index contributed by atoms with van der Waals surface area (Å²) < 4.78 is 49.2. The van der Waals surface area contributed by atoms with Gasteiger partial charge in [0.25, 0.3) is 0 Å². The molecule has 0 aliphatic rings. The first-order chi connectivity index (χ1) is 13.1. The fraction of sp³-hybridized carbons (Fsp3) is 0.278. The van der Waals surface area contributed by atoms with Crippen molar-refractivity contribution in [3.05, 3.63) is 48.3 Å². The van der Waals surface area contributed by atoms with E-state index in [1.807, 2.05) is 31.2 Å². The number of hydrogen-bond donors (Lipinski definition) is 2. The van der Waals surface area contributed by atoms with E-state index in [-0.39, 0.29) is 9.79 Å². The number of aromatic nitrogens is 2. The van der Waals surface area contributed by atoms with Crippen LogP contribution in [-0.2, 0) is 26.4 Å². The van der Waals surface area contributed by atoms with Crippen molar-refractivity contribution in [2.45, 2.75) is 29.7 Å². The van der Waals surface area contributed by atoms with Crippen LogP contribution in [-0.4, -0.2) is 39.2 Å². The molecule has 0 aliphatic heterocycles. The number of rotatable bonds is 7. The molecule has 3 rings (SSSR count). The maximum Gasteiger partial charge on any atom is 0.238 e. The number of primary sulfonamides is 1. The molecule has 0 aliphatic carbocycles. The molecule has 1 heterocycles.